The van der Waals surface area contributed by atoms with Crippen LogP contribution in [0.2, 0.25) is 0 Å². The summed E-state index contributed by atoms with van der Waals surface area (Å²) in [6.45, 7) is 10.6. The summed E-state index contributed by atoms with van der Waals surface area (Å²) in [6.07, 6.45) is 2.17. The molecule has 0 aromatic heterocycles. The Balaban J connectivity index is 2.27. The summed E-state index contributed by atoms with van der Waals surface area (Å²) >= 11 is 0. The lowest BCUT2D eigenvalue weighted by Crippen LogP contribution is -2.37. The van der Waals surface area contributed by atoms with Crippen molar-refractivity contribution >= 4 is 16.7 Å². The fourth-order valence-electron chi connectivity index (χ4n) is 4.94. The van der Waals surface area contributed by atoms with Gasteiger partial charge in [-0.25, -0.2) is 0 Å². The molecule has 4 atom stereocenters. The summed E-state index contributed by atoms with van der Waals surface area (Å²) in [6, 6.07) is 14.6. The predicted molar refractivity (Wildman–Crippen MR) is 108 cm³/mol. The molecule has 1 aliphatic carbocycles. The van der Waals surface area contributed by atoms with Crippen molar-refractivity contribution in [3.8, 4) is 0 Å². The van der Waals surface area contributed by atoms with Crippen molar-refractivity contribution in [2.75, 3.05) is 0 Å². The fraction of sp³-hybridized carbons (Fsp3) is 0.375. The van der Waals surface area contributed by atoms with Crippen LogP contribution in [0.25, 0.3) is 10.8 Å². The molecule has 1 aliphatic rings. The minimum atomic E-state index is -0.719. The summed E-state index contributed by atoms with van der Waals surface area (Å²) in [4.78, 5) is 12.3. The van der Waals surface area contributed by atoms with Gasteiger partial charge < -0.3 is 5.11 Å². The maximum absolute atomic E-state index is 12.3. The van der Waals surface area contributed by atoms with Crippen LogP contribution in [0.15, 0.2) is 65.3 Å². The second-order valence-corrected chi connectivity index (χ2v) is 7.65. The van der Waals surface area contributed by atoms with Crippen LogP contribution in [0.3, 0.4) is 0 Å². The van der Waals surface area contributed by atoms with Crippen molar-refractivity contribution in [2.24, 2.45) is 17.8 Å². The summed E-state index contributed by atoms with van der Waals surface area (Å²) in [7, 11) is 0. The molecule has 4 unspecified atom stereocenters. The molecule has 3 rings (SSSR count). The molecule has 0 saturated heterocycles. The zero-order valence-corrected chi connectivity index (χ0v) is 16.3. The summed E-state index contributed by atoms with van der Waals surface area (Å²) < 4.78 is 0. The molecule has 0 fully saturated rings. The Bertz CT molecular complexity index is 898. The average molecular weight is 348 g/mol. The van der Waals surface area contributed by atoms with E-state index in [2.05, 4.69) is 64.1 Å². The Morgan fingerprint density at radius 2 is 1.62 bits per heavy atom. The summed E-state index contributed by atoms with van der Waals surface area (Å²) in [5.41, 5.74) is 4.71. The van der Waals surface area contributed by atoms with Crippen molar-refractivity contribution in [1.29, 1.82) is 0 Å². The minimum absolute atomic E-state index is 0.0396. The first-order valence-corrected chi connectivity index (χ1v) is 9.39. The first kappa shape index (κ1) is 18.4. The number of benzene rings is 2. The largest absolute Gasteiger partial charge is 0.481 e. The molecular formula is C24H28O2. The molecule has 0 radical (unpaired) electrons. The molecular weight excluding hydrogens is 320 g/mol. The predicted octanol–water partition coefficient (Wildman–Crippen LogP) is 6.19. The Hall–Kier alpha value is -2.35. The van der Waals surface area contributed by atoms with Gasteiger partial charge in [0.25, 0.3) is 0 Å². The number of aliphatic carboxylic acids is 1. The minimum Gasteiger partial charge on any atom is -0.481 e. The summed E-state index contributed by atoms with van der Waals surface area (Å²) in [5, 5.41) is 12.4. The van der Waals surface area contributed by atoms with E-state index in [-0.39, 0.29) is 11.8 Å². The van der Waals surface area contributed by atoms with Gasteiger partial charge in [-0.3, -0.25) is 4.79 Å². The number of fused-ring (bicyclic) bond motifs is 1. The van der Waals surface area contributed by atoms with Crippen LogP contribution in [0.1, 0.15) is 46.1 Å². The molecule has 0 spiro atoms. The van der Waals surface area contributed by atoms with Crippen molar-refractivity contribution in [3.05, 3.63) is 70.8 Å². The molecule has 136 valence electrons. The van der Waals surface area contributed by atoms with Gasteiger partial charge >= 0.3 is 5.97 Å². The molecule has 2 aromatic rings. The van der Waals surface area contributed by atoms with E-state index in [9.17, 15) is 9.90 Å². The van der Waals surface area contributed by atoms with E-state index >= 15 is 0 Å². The van der Waals surface area contributed by atoms with E-state index in [1.165, 1.54) is 21.9 Å². The van der Waals surface area contributed by atoms with Gasteiger partial charge in [-0.15, -0.1) is 0 Å². The lowest BCUT2D eigenvalue weighted by atomic mass is 9.60. The number of hydrogen-bond acceptors (Lipinski definition) is 1. The van der Waals surface area contributed by atoms with Crippen LogP contribution in [0, 0.1) is 17.8 Å². The van der Waals surface area contributed by atoms with Gasteiger partial charge in [0.1, 0.15) is 0 Å². The third-order valence-corrected chi connectivity index (χ3v) is 6.40. The zero-order valence-electron chi connectivity index (χ0n) is 16.3. The van der Waals surface area contributed by atoms with Crippen LogP contribution in [0.4, 0.5) is 0 Å². The van der Waals surface area contributed by atoms with Gasteiger partial charge in [-0.2, -0.15) is 0 Å². The Labute approximate surface area is 156 Å². The number of allylic oxidation sites excluding steroid dienone is 3. The van der Waals surface area contributed by atoms with E-state index in [1.807, 2.05) is 19.1 Å². The average Bonchev–Trinajstić information content (AvgIpc) is 2.63. The van der Waals surface area contributed by atoms with E-state index in [0.717, 1.165) is 11.1 Å². The van der Waals surface area contributed by atoms with Crippen molar-refractivity contribution in [3.63, 3.8) is 0 Å². The molecule has 0 saturated carbocycles. The molecule has 2 nitrogen and oxygen atoms in total. The Morgan fingerprint density at radius 3 is 2.27 bits per heavy atom. The smallest absolute Gasteiger partial charge is 0.311 e. The molecule has 0 aliphatic heterocycles. The highest BCUT2D eigenvalue weighted by Crippen LogP contribution is 2.51. The van der Waals surface area contributed by atoms with E-state index < -0.39 is 11.9 Å². The van der Waals surface area contributed by atoms with E-state index in [4.69, 9.17) is 0 Å². The topological polar surface area (TPSA) is 37.3 Å². The number of rotatable bonds is 3. The molecule has 0 amide bonds. The highest BCUT2D eigenvalue weighted by molar-refractivity contribution is 5.87. The highest BCUT2D eigenvalue weighted by Gasteiger charge is 2.44. The van der Waals surface area contributed by atoms with Crippen molar-refractivity contribution in [1.82, 2.24) is 0 Å². The van der Waals surface area contributed by atoms with Crippen LogP contribution < -0.4 is 0 Å². The first-order valence-electron chi connectivity index (χ1n) is 9.39. The molecule has 26 heavy (non-hydrogen) atoms. The van der Waals surface area contributed by atoms with E-state index in [0.29, 0.717) is 5.92 Å². The van der Waals surface area contributed by atoms with Crippen LogP contribution >= 0.6 is 0 Å². The zero-order chi connectivity index (χ0) is 19.0. The molecule has 0 bridgehead atoms. The normalized spacial score (nSPS) is 27.0. The molecule has 2 aromatic carbocycles. The third-order valence-electron chi connectivity index (χ3n) is 6.40. The maximum atomic E-state index is 12.3. The second-order valence-electron chi connectivity index (χ2n) is 7.65. The van der Waals surface area contributed by atoms with Crippen molar-refractivity contribution in [2.45, 2.75) is 40.5 Å². The van der Waals surface area contributed by atoms with Crippen LogP contribution in [0.5, 0.6) is 0 Å². The lowest BCUT2D eigenvalue weighted by molar-refractivity contribution is -0.142. The second kappa shape index (κ2) is 7.11. The van der Waals surface area contributed by atoms with Gasteiger partial charge in [-0.05, 0) is 49.9 Å². The monoisotopic (exact) mass is 348 g/mol. The van der Waals surface area contributed by atoms with Gasteiger partial charge in [0, 0.05) is 11.8 Å². The van der Waals surface area contributed by atoms with Gasteiger partial charge in [0.2, 0.25) is 0 Å². The Kier molecular flexibility index (Phi) is 5.04. The third kappa shape index (κ3) is 2.88. The van der Waals surface area contributed by atoms with Gasteiger partial charge in [0.05, 0.1) is 5.92 Å². The standard InChI is InChI=1S/C24H28O2/c1-6-14(2)21-15(3)16(4)23(24(25)26)22(17(21)5)20-13-9-11-18-10-7-8-12-19(18)20/h6-13,17,21-23H,1-5H3,(H,25,26)/b14-6+. The van der Waals surface area contributed by atoms with Gasteiger partial charge in [0.15, 0.2) is 0 Å². The Morgan fingerprint density at radius 1 is 1.00 bits per heavy atom. The number of carboxylic acid groups (broad SMARTS) is 1. The van der Waals surface area contributed by atoms with Crippen LogP contribution in [-0.2, 0) is 4.79 Å². The fourth-order valence-corrected chi connectivity index (χ4v) is 4.94. The van der Waals surface area contributed by atoms with Crippen LogP contribution in [-0.4, -0.2) is 11.1 Å². The molecule has 2 heteroatoms. The molecule has 0 heterocycles. The highest BCUT2D eigenvalue weighted by atomic mass is 16.4. The quantitative estimate of drug-likeness (QED) is 0.671. The number of carboxylic acids is 1. The van der Waals surface area contributed by atoms with Crippen molar-refractivity contribution < 1.29 is 9.90 Å². The van der Waals surface area contributed by atoms with E-state index in [1.54, 1.807) is 0 Å². The number of hydrogen-bond donors (Lipinski definition) is 1. The van der Waals surface area contributed by atoms with Gasteiger partial charge in [-0.1, -0.05) is 72.2 Å². The maximum Gasteiger partial charge on any atom is 0.311 e. The summed E-state index contributed by atoms with van der Waals surface area (Å²) in [5.74, 6) is -0.719. The number of carbonyl (C=O) groups is 1. The lowest BCUT2D eigenvalue weighted by Gasteiger charge is -2.43. The molecule has 1 N–H and O–H groups in total. The SMILES string of the molecule is C/C=C(\C)C1C(C)=C(C)C(C(=O)O)C(c2cccc3ccccc23)C1C. The first-order chi connectivity index (χ1) is 12.4.